The maximum Gasteiger partial charge on any atom is 0.335 e. The first-order valence-corrected chi connectivity index (χ1v) is 7.62. The predicted molar refractivity (Wildman–Crippen MR) is 83.7 cm³/mol. The molecule has 0 spiro atoms. The van der Waals surface area contributed by atoms with Crippen LogP contribution in [0, 0.1) is 5.92 Å². The Balaban J connectivity index is 2.25. The van der Waals surface area contributed by atoms with Crippen molar-refractivity contribution in [1.82, 2.24) is 5.32 Å². The number of carbonyl (C=O) groups excluding carboxylic acids is 1. The van der Waals surface area contributed by atoms with Crippen LogP contribution in [0.5, 0.6) is 0 Å². The van der Waals surface area contributed by atoms with Crippen LogP contribution in [0.4, 0.5) is 0 Å². The molecule has 4 heteroatoms. The van der Waals surface area contributed by atoms with E-state index in [1.807, 2.05) is 0 Å². The van der Waals surface area contributed by atoms with E-state index in [0.717, 1.165) is 18.8 Å². The number of carboxylic acids is 1. The lowest BCUT2D eigenvalue weighted by Gasteiger charge is -2.07. The molecule has 0 saturated heterocycles. The lowest BCUT2D eigenvalue weighted by molar-refractivity contribution is 0.0697. The molecular formula is C17H25NO3. The molecular weight excluding hydrogens is 266 g/mol. The van der Waals surface area contributed by atoms with Crippen molar-refractivity contribution in [1.29, 1.82) is 0 Å². The lowest BCUT2D eigenvalue weighted by Crippen LogP contribution is -2.24. The fraction of sp³-hybridized carbons (Fsp3) is 0.529. The van der Waals surface area contributed by atoms with Crippen LogP contribution in [0.25, 0.3) is 0 Å². The number of carbonyl (C=O) groups is 2. The van der Waals surface area contributed by atoms with Crippen molar-refractivity contribution in [3.63, 3.8) is 0 Å². The van der Waals surface area contributed by atoms with Crippen LogP contribution in [0.2, 0.25) is 0 Å². The highest BCUT2D eigenvalue weighted by molar-refractivity contribution is 5.97. The third-order valence-electron chi connectivity index (χ3n) is 3.37. The summed E-state index contributed by atoms with van der Waals surface area (Å²) in [4.78, 5) is 22.7. The summed E-state index contributed by atoms with van der Waals surface area (Å²) in [6, 6.07) is 6.10. The van der Waals surface area contributed by atoms with Gasteiger partial charge in [0.25, 0.3) is 5.91 Å². The molecule has 1 rings (SSSR count). The third-order valence-corrected chi connectivity index (χ3v) is 3.37. The van der Waals surface area contributed by atoms with Crippen molar-refractivity contribution < 1.29 is 14.7 Å². The molecule has 4 nitrogen and oxygen atoms in total. The second kappa shape index (κ2) is 9.16. The van der Waals surface area contributed by atoms with E-state index in [2.05, 4.69) is 19.2 Å². The SMILES string of the molecule is CC(C)CCCCCCNC(=O)c1cccc(C(=O)O)c1. The van der Waals surface area contributed by atoms with Gasteiger partial charge in [0, 0.05) is 12.1 Å². The Morgan fingerprint density at radius 1 is 1.10 bits per heavy atom. The van der Waals surface area contributed by atoms with Crippen molar-refractivity contribution in [2.45, 2.75) is 46.0 Å². The summed E-state index contributed by atoms with van der Waals surface area (Å²) in [5, 5.41) is 11.7. The van der Waals surface area contributed by atoms with E-state index in [1.54, 1.807) is 12.1 Å². The van der Waals surface area contributed by atoms with E-state index in [0.29, 0.717) is 12.1 Å². The highest BCUT2D eigenvalue weighted by atomic mass is 16.4. The molecule has 0 aliphatic carbocycles. The Bertz CT molecular complexity index is 469. The first-order valence-electron chi connectivity index (χ1n) is 7.62. The predicted octanol–water partition coefficient (Wildman–Crippen LogP) is 3.72. The summed E-state index contributed by atoms with van der Waals surface area (Å²) < 4.78 is 0. The molecule has 0 unspecified atom stereocenters. The minimum Gasteiger partial charge on any atom is -0.478 e. The second-order valence-corrected chi connectivity index (χ2v) is 5.74. The molecule has 116 valence electrons. The number of benzene rings is 1. The summed E-state index contributed by atoms with van der Waals surface area (Å²) in [5.41, 5.74) is 0.533. The molecule has 0 aliphatic heterocycles. The average molecular weight is 291 g/mol. The zero-order valence-corrected chi connectivity index (χ0v) is 12.9. The highest BCUT2D eigenvalue weighted by Gasteiger charge is 2.08. The van der Waals surface area contributed by atoms with E-state index in [-0.39, 0.29) is 11.5 Å². The zero-order valence-electron chi connectivity index (χ0n) is 12.9. The van der Waals surface area contributed by atoms with E-state index in [1.165, 1.54) is 31.4 Å². The highest BCUT2D eigenvalue weighted by Crippen LogP contribution is 2.09. The Hall–Kier alpha value is -1.84. The first-order chi connectivity index (χ1) is 10.0. The number of hydrogen-bond acceptors (Lipinski definition) is 2. The summed E-state index contributed by atoms with van der Waals surface area (Å²) >= 11 is 0. The van der Waals surface area contributed by atoms with E-state index >= 15 is 0 Å². The largest absolute Gasteiger partial charge is 0.478 e. The van der Waals surface area contributed by atoms with Gasteiger partial charge in [-0.1, -0.05) is 45.6 Å². The minimum atomic E-state index is -1.02. The summed E-state index contributed by atoms with van der Waals surface area (Å²) in [7, 11) is 0. The van der Waals surface area contributed by atoms with Gasteiger partial charge in [0.2, 0.25) is 0 Å². The Kier molecular flexibility index (Phi) is 7.51. The lowest BCUT2D eigenvalue weighted by atomic mass is 10.0. The third kappa shape index (κ3) is 6.93. The van der Waals surface area contributed by atoms with Crippen LogP contribution < -0.4 is 5.32 Å². The van der Waals surface area contributed by atoms with Crippen molar-refractivity contribution >= 4 is 11.9 Å². The van der Waals surface area contributed by atoms with E-state index in [4.69, 9.17) is 5.11 Å². The topological polar surface area (TPSA) is 66.4 Å². The van der Waals surface area contributed by atoms with Crippen molar-refractivity contribution in [2.75, 3.05) is 6.54 Å². The molecule has 0 heterocycles. The monoisotopic (exact) mass is 291 g/mol. The second-order valence-electron chi connectivity index (χ2n) is 5.74. The molecule has 0 fully saturated rings. The van der Waals surface area contributed by atoms with Crippen LogP contribution in [0.1, 0.15) is 66.7 Å². The van der Waals surface area contributed by atoms with Gasteiger partial charge in [-0.2, -0.15) is 0 Å². The molecule has 1 aromatic rings. The van der Waals surface area contributed by atoms with Gasteiger partial charge < -0.3 is 10.4 Å². The standard InChI is InChI=1S/C17H25NO3/c1-13(2)8-5-3-4-6-11-18-16(19)14-9-7-10-15(12-14)17(20)21/h7,9-10,12-13H,3-6,8,11H2,1-2H3,(H,18,19)(H,20,21). The molecule has 0 radical (unpaired) electrons. The maximum absolute atomic E-state index is 11.9. The minimum absolute atomic E-state index is 0.135. The average Bonchev–Trinajstić information content (AvgIpc) is 2.45. The fourth-order valence-corrected chi connectivity index (χ4v) is 2.13. The smallest absolute Gasteiger partial charge is 0.335 e. The maximum atomic E-state index is 11.9. The molecule has 0 aliphatic rings. The first kappa shape index (κ1) is 17.2. The summed E-state index contributed by atoms with van der Waals surface area (Å²) in [5.74, 6) is -0.471. The number of amides is 1. The number of hydrogen-bond donors (Lipinski definition) is 2. The molecule has 1 amide bonds. The van der Waals surface area contributed by atoms with Gasteiger partial charge in [0.15, 0.2) is 0 Å². The van der Waals surface area contributed by atoms with Crippen LogP contribution in [0.3, 0.4) is 0 Å². The van der Waals surface area contributed by atoms with Gasteiger partial charge in [0.1, 0.15) is 0 Å². The van der Waals surface area contributed by atoms with Crippen LogP contribution >= 0.6 is 0 Å². The van der Waals surface area contributed by atoms with E-state index < -0.39 is 5.97 Å². The van der Waals surface area contributed by atoms with Crippen molar-refractivity contribution in [3.05, 3.63) is 35.4 Å². The van der Waals surface area contributed by atoms with Crippen molar-refractivity contribution in [3.8, 4) is 0 Å². The number of nitrogens with one attached hydrogen (secondary N) is 1. The molecule has 2 N–H and O–H groups in total. The van der Waals surface area contributed by atoms with Crippen molar-refractivity contribution in [2.24, 2.45) is 5.92 Å². The van der Waals surface area contributed by atoms with Gasteiger partial charge in [-0.15, -0.1) is 0 Å². The van der Waals surface area contributed by atoms with Gasteiger partial charge in [0.05, 0.1) is 5.56 Å². The Labute approximate surface area is 126 Å². The molecule has 21 heavy (non-hydrogen) atoms. The fourth-order valence-electron chi connectivity index (χ4n) is 2.13. The molecule has 0 bridgehead atoms. The normalized spacial score (nSPS) is 10.6. The quantitative estimate of drug-likeness (QED) is 0.681. The van der Waals surface area contributed by atoms with Crippen LogP contribution in [-0.2, 0) is 0 Å². The summed E-state index contributed by atoms with van der Waals surface area (Å²) in [6.45, 7) is 5.09. The molecule has 0 aromatic heterocycles. The number of rotatable bonds is 9. The molecule has 0 saturated carbocycles. The van der Waals surface area contributed by atoms with E-state index in [9.17, 15) is 9.59 Å². The van der Waals surface area contributed by atoms with Crippen LogP contribution in [-0.4, -0.2) is 23.5 Å². The zero-order chi connectivity index (χ0) is 15.7. The molecule has 1 aromatic carbocycles. The Morgan fingerprint density at radius 2 is 1.76 bits per heavy atom. The van der Waals surface area contributed by atoms with Crippen LogP contribution in [0.15, 0.2) is 24.3 Å². The Morgan fingerprint density at radius 3 is 2.43 bits per heavy atom. The number of carboxylic acid groups (broad SMARTS) is 1. The van der Waals surface area contributed by atoms with Gasteiger partial charge >= 0.3 is 5.97 Å². The molecule has 0 atom stereocenters. The number of unbranched alkanes of at least 4 members (excludes halogenated alkanes) is 3. The van der Waals surface area contributed by atoms with Gasteiger partial charge in [-0.25, -0.2) is 4.79 Å². The summed E-state index contributed by atoms with van der Waals surface area (Å²) in [6.07, 6.45) is 5.77. The van der Waals surface area contributed by atoms with Gasteiger partial charge in [-0.05, 0) is 30.5 Å². The van der Waals surface area contributed by atoms with Gasteiger partial charge in [-0.3, -0.25) is 4.79 Å². The number of aromatic carboxylic acids is 1.